The minimum Gasteiger partial charge on any atom is -0.448 e. The molecule has 2 heterocycles. The van der Waals surface area contributed by atoms with Gasteiger partial charge in [-0.3, -0.25) is 24.1 Å². The average molecular weight is 919 g/mol. The van der Waals surface area contributed by atoms with Gasteiger partial charge in [0.15, 0.2) is 5.13 Å². The van der Waals surface area contributed by atoms with E-state index in [-0.39, 0.29) is 36.2 Å². The second kappa shape index (κ2) is 24.3. The molecule has 3 aromatic carbocycles. The van der Waals surface area contributed by atoms with Gasteiger partial charge in [0.05, 0.1) is 6.54 Å². The molecule has 0 spiro atoms. The van der Waals surface area contributed by atoms with Gasteiger partial charge in [0.2, 0.25) is 29.7 Å². The number of thiazole rings is 1. The molecule has 15 nitrogen and oxygen atoms in total. The first-order chi connectivity index (χ1) is 32.1. The Bertz CT molecular complexity index is 2300. The first-order valence-electron chi connectivity index (χ1n) is 23.1. The summed E-state index contributed by atoms with van der Waals surface area (Å²) < 4.78 is 5.84. The molecule has 1 saturated carbocycles. The van der Waals surface area contributed by atoms with Crippen LogP contribution in [0.5, 0.6) is 0 Å². The van der Waals surface area contributed by atoms with Crippen LogP contribution in [0.4, 0.5) is 14.9 Å². The molecule has 5 amide bonds. The summed E-state index contributed by atoms with van der Waals surface area (Å²) in [6.07, 6.45) is 9.26. The Morgan fingerprint density at radius 1 is 0.909 bits per heavy atom. The number of unbranched alkanes of at least 4 members (excludes halogenated alkanes) is 1. The summed E-state index contributed by atoms with van der Waals surface area (Å²) in [6, 6.07) is 23.1. The number of carbonyl (C=O) groups is 5. The van der Waals surface area contributed by atoms with Crippen LogP contribution in [0.25, 0.3) is 22.4 Å². The largest absolute Gasteiger partial charge is 0.448 e. The third kappa shape index (κ3) is 12.4. The number of nitrogens with zero attached hydrogens (tertiary/aromatic N) is 4. The fourth-order valence-electron chi connectivity index (χ4n) is 8.87. The fraction of sp³-hybridized carbons (Fsp3) is 0.460. The van der Waals surface area contributed by atoms with Crippen molar-refractivity contribution in [1.29, 1.82) is 0 Å². The van der Waals surface area contributed by atoms with Gasteiger partial charge in [0.1, 0.15) is 35.4 Å². The molecule has 0 unspecified atom stereocenters. The Kier molecular flexibility index (Phi) is 18.2. The zero-order chi connectivity index (χ0) is 47.0. The van der Waals surface area contributed by atoms with E-state index >= 15 is 0 Å². The molecule has 3 atom stereocenters. The van der Waals surface area contributed by atoms with E-state index in [1.165, 1.54) is 29.4 Å². The molecule has 1 aliphatic heterocycles. The lowest BCUT2D eigenvalue weighted by molar-refractivity contribution is -0.142. The average Bonchev–Trinajstić information content (AvgIpc) is 4.08. The van der Waals surface area contributed by atoms with Crippen LogP contribution in [0.2, 0.25) is 0 Å². The number of carbonyl (C=O) groups excluding carboxylic acids is 6. The van der Waals surface area contributed by atoms with E-state index in [1.54, 1.807) is 11.8 Å². The summed E-state index contributed by atoms with van der Waals surface area (Å²) in [5, 5.41) is 9.77. The molecule has 1 aromatic heterocycles. The number of hydrogen-bond acceptors (Lipinski definition) is 11. The number of aromatic nitrogens is 1. The first-order valence-corrected chi connectivity index (χ1v) is 24.0. The van der Waals surface area contributed by atoms with Gasteiger partial charge >= 0.3 is 6.09 Å². The fourth-order valence-corrected chi connectivity index (χ4v) is 9.78. The lowest BCUT2D eigenvalue weighted by Crippen LogP contribution is -2.58. The molecule has 0 radical (unpaired) electrons. The highest BCUT2D eigenvalue weighted by Gasteiger charge is 2.42. The van der Waals surface area contributed by atoms with Crippen molar-refractivity contribution in [2.75, 3.05) is 43.9 Å². The highest BCUT2D eigenvalue weighted by atomic mass is 32.1. The third-order valence-electron chi connectivity index (χ3n) is 12.5. The summed E-state index contributed by atoms with van der Waals surface area (Å²) >= 11 is 1.18. The Labute approximate surface area is 391 Å². The van der Waals surface area contributed by atoms with E-state index in [0.29, 0.717) is 61.1 Å². The van der Waals surface area contributed by atoms with Crippen molar-refractivity contribution in [1.82, 2.24) is 20.1 Å². The number of benzene rings is 3. The van der Waals surface area contributed by atoms with Crippen molar-refractivity contribution in [3.63, 3.8) is 0 Å². The van der Waals surface area contributed by atoms with Gasteiger partial charge < -0.3 is 31.3 Å². The molecular formula is C50H62N8O7S. The second-order valence-electron chi connectivity index (χ2n) is 17.0. The third-order valence-corrected chi connectivity index (χ3v) is 13.4. The van der Waals surface area contributed by atoms with E-state index in [9.17, 15) is 28.8 Å². The summed E-state index contributed by atoms with van der Waals surface area (Å²) in [7, 11) is 1.53. The predicted molar refractivity (Wildman–Crippen MR) is 257 cm³/mol. The Hall–Kier alpha value is -6.22. The van der Waals surface area contributed by atoms with Crippen molar-refractivity contribution >= 4 is 57.3 Å². The standard InChI is InChI=1S/C45H52N6O6S.C5H10N2O/c1-4-16-37(52)46-44-48-38(29-17-7-5-8-18-29)42(58-44)49-41(54)36-25-15-26-51(36)43(55)39(30-19-9-6-10-20-30)47-40(53)28(2)50(3)45(56)57-27-35-33-23-13-11-21-31(33)32-22-12-14-24-34(32)35;6-3-1-2-4-7-5-8/h5,7-8,11-14,17-18,21-24,28,30,35-36,39H,4,6,9-10,15-16,19-20,25-27H2,1-3H3,(H,47,53)(H,49,54)(H,46,48,52);1-4,6H2/t28-,36-,39-;/m0./s1. The molecular weight excluding hydrogens is 857 g/mol. The molecule has 2 fully saturated rings. The van der Waals surface area contributed by atoms with Gasteiger partial charge in [-0.2, -0.15) is 0 Å². The van der Waals surface area contributed by atoms with Gasteiger partial charge in [0.25, 0.3) is 0 Å². The number of likely N-dealkylation sites (N-methyl/N-ethyl adjacent to an activating group) is 1. The first kappa shape index (κ1) is 49.2. The maximum Gasteiger partial charge on any atom is 0.410 e. The number of fused-ring (bicyclic) bond motifs is 3. The number of isocyanates is 1. The number of aliphatic imine (C=N–C) groups is 1. The SMILES string of the molecule is CCCC(=O)Nc1nc(-c2ccccc2)c(NC(=O)[C@@H]2CCCN2C(=O)[C@@H](NC(=O)[C@H](C)N(C)C(=O)OCC2c3ccccc3-c3ccccc32)C2CCCCC2)s1.NCCCCN=C=O. The molecule has 2 aliphatic carbocycles. The molecule has 5 N–H and O–H groups in total. The van der Waals surface area contributed by atoms with Crippen molar-refractivity contribution in [3.8, 4) is 22.4 Å². The van der Waals surface area contributed by atoms with Gasteiger partial charge in [-0.05, 0) is 86.6 Å². The summed E-state index contributed by atoms with van der Waals surface area (Å²) in [6.45, 7) is 5.29. The van der Waals surface area contributed by atoms with Crippen molar-refractivity contribution < 1.29 is 33.5 Å². The van der Waals surface area contributed by atoms with Gasteiger partial charge in [-0.15, -0.1) is 0 Å². The minimum absolute atomic E-state index is 0.109. The van der Waals surface area contributed by atoms with Crippen LogP contribution in [0.1, 0.15) is 102 Å². The second-order valence-corrected chi connectivity index (χ2v) is 18.0. The van der Waals surface area contributed by atoms with Gasteiger partial charge in [-0.1, -0.05) is 116 Å². The number of amides is 5. The van der Waals surface area contributed by atoms with Crippen LogP contribution in [-0.4, -0.2) is 102 Å². The topological polar surface area (TPSA) is 205 Å². The molecule has 66 heavy (non-hydrogen) atoms. The van der Waals surface area contributed by atoms with E-state index in [4.69, 9.17) is 10.5 Å². The van der Waals surface area contributed by atoms with Crippen molar-refractivity contribution in [2.24, 2.45) is 16.6 Å². The van der Waals surface area contributed by atoms with E-state index in [0.717, 1.165) is 72.8 Å². The zero-order valence-corrected chi connectivity index (χ0v) is 38.9. The molecule has 4 aromatic rings. The smallest absolute Gasteiger partial charge is 0.410 e. The van der Waals surface area contributed by atoms with Crippen LogP contribution in [-0.2, 0) is 28.7 Å². The molecule has 16 heteroatoms. The highest BCUT2D eigenvalue weighted by molar-refractivity contribution is 7.20. The van der Waals surface area contributed by atoms with E-state index < -0.39 is 30.1 Å². The quantitative estimate of drug-likeness (QED) is 0.0461. The van der Waals surface area contributed by atoms with Crippen LogP contribution in [0, 0.1) is 5.92 Å². The number of hydrogen-bond donors (Lipinski definition) is 4. The number of nitrogens with two attached hydrogens (primary N) is 1. The Morgan fingerprint density at radius 3 is 2.23 bits per heavy atom. The lowest BCUT2D eigenvalue weighted by Gasteiger charge is -2.35. The zero-order valence-electron chi connectivity index (χ0n) is 38.1. The monoisotopic (exact) mass is 918 g/mol. The highest BCUT2D eigenvalue weighted by Crippen LogP contribution is 2.44. The van der Waals surface area contributed by atoms with E-state index in [1.807, 2.05) is 61.5 Å². The van der Waals surface area contributed by atoms with Crippen LogP contribution in [0.3, 0.4) is 0 Å². The molecule has 7 rings (SSSR count). The maximum atomic E-state index is 14.6. The van der Waals surface area contributed by atoms with Crippen LogP contribution in [0.15, 0.2) is 83.9 Å². The molecule has 350 valence electrons. The Morgan fingerprint density at radius 2 is 1.58 bits per heavy atom. The van der Waals surface area contributed by atoms with Crippen molar-refractivity contribution in [3.05, 3.63) is 90.0 Å². The summed E-state index contributed by atoms with van der Waals surface area (Å²) in [4.78, 5) is 88.8. The van der Waals surface area contributed by atoms with Gasteiger partial charge in [0, 0.05) is 31.5 Å². The van der Waals surface area contributed by atoms with Crippen LogP contribution < -0.4 is 21.7 Å². The molecule has 1 saturated heterocycles. The lowest BCUT2D eigenvalue weighted by atomic mass is 9.83. The van der Waals surface area contributed by atoms with Gasteiger partial charge in [-0.25, -0.2) is 19.6 Å². The van der Waals surface area contributed by atoms with Crippen molar-refractivity contribution in [2.45, 2.75) is 109 Å². The minimum atomic E-state index is -0.929. The van der Waals surface area contributed by atoms with Crippen LogP contribution >= 0.6 is 11.3 Å². The maximum absolute atomic E-state index is 14.6. The molecule has 0 bridgehead atoms. The number of rotatable bonds is 17. The number of anilines is 2. The van der Waals surface area contributed by atoms with E-state index in [2.05, 4.69) is 50.2 Å². The number of likely N-dealkylation sites (tertiary alicyclic amines) is 1. The number of ether oxygens (including phenoxy) is 1. The normalized spacial score (nSPS) is 16.3. The summed E-state index contributed by atoms with van der Waals surface area (Å²) in [5.74, 6) is -1.50. The molecule has 3 aliphatic rings. The number of nitrogens with one attached hydrogen (secondary N) is 3. The predicted octanol–water partition coefficient (Wildman–Crippen LogP) is 7.87. The summed E-state index contributed by atoms with van der Waals surface area (Å²) in [5.41, 5.74) is 10.9. The Balaban J connectivity index is 0.000000824.